The summed E-state index contributed by atoms with van der Waals surface area (Å²) in [6.45, 7) is -0.434. The fourth-order valence-electron chi connectivity index (χ4n) is 0.277. The third kappa shape index (κ3) is 2.03. The molecule has 0 saturated carbocycles. The van der Waals surface area contributed by atoms with Crippen LogP contribution in [0.1, 0.15) is 0 Å². The second-order valence-corrected chi connectivity index (χ2v) is 1.27. The number of rotatable bonds is 1. The molecule has 0 spiro atoms. The highest BCUT2D eigenvalue weighted by molar-refractivity contribution is 5.75. The molecule has 10 heavy (non-hydrogen) atoms. The first kappa shape index (κ1) is 8.91. The Morgan fingerprint density at radius 2 is 1.90 bits per heavy atom. The van der Waals surface area contributed by atoms with Crippen LogP contribution in [-0.2, 0) is 0 Å². The molecule has 0 heterocycles. The third-order valence-corrected chi connectivity index (χ3v) is 0.672. The lowest BCUT2D eigenvalue weighted by molar-refractivity contribution is -0.264. The van der Waals surface area contributed by atoms with E-state index in [1.165, 1.54) is 0 Å². The van der Waals surface area contributed by atoms with E-state index in [1.54, 1.807) is 0 Å². The molecule has 0 aliphatic carbocycles. The van der Waals surface area contributed by atoms with Crippen LogP contribution in [0.4, 0.5) is 0 Å². The molecule has 0 unspecified atom stereocenters. The predicted octanol–water partition coefficient (Wildman–Crippen LogP) is -1.58. The Bertz CT molecular complexity index is 124. The summed E-state index contributed by atoms with van der Waals surface area (Å²) < 4.78 is 0. The molecule has 8 nitrogen and oxygen atoms in total. The van der Waals surface area contributed by atoms with Crippen LogP contribution >= 0.6 is 0 Å². The van der Waals surface area contributed by atoms with Gasteiger partial charge in [-0.05, 0) is 5.16 Å². The summed E-state index contributed by atoms with van der Waals surface area (Å²) in [5, 5.41) is 34.7. The topological polar surface area (TPSA) is 126 Å². The van der Waals surface area contributed by atoms with Gasteiger partial charge in [0.25, 0.3) is 0 Å². The van der Waals surface area contributed by atoms with E-state index in [2.05, 4.69) is 5.16 Å². The fourth-order valence-corrected chi connectivity index (χ4v) is 0.277. The molecule has 60 valence electrons. The SMILES string of the molecule is NCN(O)/C(=N\O)N(O)O. The molecule has 0 aromatic heterocycles. The van der Waals surface area contributed by atoms with Crippen LogP contribution in [-0.4, -0.2) is 43.7 Å². The van der Waals surface area contributed by atoms with Crippen molar-refractivity contribution in [1.29, 1.82) is 0 Å². The zero-order chi connectivity index (χ0) is 8.15. The predicted molar refractivity (Wildman–Crippen MR) is 27.3 cm³/mol. The van der Waals surface area contributed by atoms with Crippen molar-refractivity contribution in [3.05, 3.63) is 0 Å². The van der Waals surface area contributed by atoms with Gasteiger partial charge in [0.15, 0.2) is 0 Å². The van der Waals surface area contributed by atoms with Crippen molar-refractivity contribution in [2.45, 2.75) is 0 Å². The number of nitrogens with two attached hydrogens (primary N) is 1. The highest BCUT2D eigenvalue weighted by Gasteiger charge is 2.12. The van der Waals surface area contributed by atoms with Gasteiger partial charge in [-0.1, -0.05) is 5.23 Å². The highest BCUT2D eigenvalue weighted by Crippen LogP contribution is 1.85. The standard InChI is InChI=1S/C2H8N4O4/c3-1-5(8)2(4-7)6(9)10/h7-10H,1,3H2/b4-2+. The number of oxime groups is 1. The first-order chi connectivity index (χ1) is 4.63. The Balaban J connectivity index is 4.08. The minimum Gasteiger partial charge on any atom is -0.408 e. The van der Waals surface area contributed by atoms with Gasteiger partial charge in [-0.25, -0.2) is 5.06 Å². The van der Waals surface area contributed by atoms with E-state index in [4.69, 9.17) is 26.6 Å². The molecule has 0 aliphatic rings. The smallest absolute Gasteiger partial charge is 0.313 e. The van der Waals surface area contributed by atoms with Crippen molar-refractivity contribution in [2.24, 2.45) is 10.9 Å². The zero-order valence-corrected chi connectivity index (χ0v) is 4.91. The molecular formula is C2H8N4O4. The molecule has 0 atom stereocenters. The van der Waals surface area contributed by atoms with Crippen molar-refractivity contribution in [2.75, 3.05) is 6.67 Å². The van der Waals surface area contributed by atoms with Crippen LogP contribution in [0.2, 0.25) is 0 Å². The largest absolute Gasteiger partial charge is 0.408 e. The molecule has 0 bridgehead atoms. The van der Waals surface area contributed by atoms with Gasteiger partial charge >= 0.3 is 5.96 Å². The van der Waals surface area contributed by atoms with E-state index in [0.717, 1.165) is 0 Å². The van der Waals surface area contributed by atoms with E-state index >= 15 is 0 Å². The Morgan fingerprint density at radius 3 is 2.00 bits per heavy atom. The number of hydroxylamine groups is 4. The lowest BCUT2D eigenvalue weighted by Crippen LogP contribution is -2.42. The Hall–Kier alpha value is -1.09. The van der Waals surface area contributed by atoms with Gasteiger partial charge in [0.1, 0.15) is 0 Å². The summed E-state index contributed by atoms with van der Waals surface area (Å²) >= 11 is 0. The quantitative estimate of drug-likeness (QED) is 0.101. The summed E-state index contributed by atoms with van der Waals surface area (Å²) in [6.07, 6.45) is 0. The maximum atomic E-state index is 8.54. The van der Waals surface area contributed by atoms with Crippen LogP contribution in [0.3, 0.4) is 0 Å². The van der Waals surface area contributed by atoms with Gasteiger partial charge in [-0.2, -0.15) is 0 Å². The van der Waals surface area contributed by atoms with Crippen molar-refractivity contribution in [1.82, 2.24) is 10.3 Å². The average Bonchev–Trinajstić information content (AvgIpc) is 1.88. The van der Waals surface area contributed by atoms with Gasteiger partial charge in [0.2, 0.25) is 0 Å². The van der Waals surface area contributed by atoms with Gasteiger partial charge in [-0.3, -0.25) is 15.6 Å². The van der Waals surface area contributed by atoms with Crippen LogP contribution < -0.4 is 5.73 Å². The van der Waals surface area contributed by atoms with E-state index in [-0.39, 0.29) is 5.06 Å². The molecule has 0 aromatic carbocycles. The summed E-state index contributed by atoms with van der Waals surface area (Å²) in [5.74, 6) is -0.887. The van der Waals surface area contributed by atoms with Crippen LogP contribution in [0, 0.1) is 0 Å². The van der Waals surface area contributed by atoms with Crippen molar-refractivity contribution >= 4 is 5.96 Å². The summed E-state index contributed by atoms with van der Waals surface area (Å²) in [5.41, 5.74) is 4.82. The minimum absolute atomic E-state index is 0.125. The Morgan fingerprint density at radius 1 is 1.40 bits per heavy atom. The molecule has 0 amide bonds. The van der Waals surface area contributed by atoms with Crippen molar-refractivity contribution in [3.63, 3.8) is 0 Å². The monoisotopic (exact) mass is 152 g/mol. The second kappa shape index (κ2) is 3.85. The molecule has 0 saturated heterocycles. The second-order valence-electron chi connectivity index (χ2n) is 1.27. The summed E-state index contributed by atoms with van der Waals surface area (Å²) in [6, 6.07) is 0. The molecule has 0 rings (SSSR count). The Kier molecular flexibility index (Phi) is 3.43. The number of guanidine groups is 1. The first-order valence-electron chi connectivity index (χ1n) is 2.20. The van der Waals surface area contributed by atoms with Gasteiger partial charge < -0.3 is 10.9 Å². The third-order valence-electron chi connectivity index (χ3n) is 0.672. The maximum absolute atomic E-state index is 8.54. The summed E-state index contributed by atoms with van der Waals surface area (Å²) in [7, 11) is 0. The van der Waals surface area contributed by atoms with Crippen LogP contribution in [0.5, 0.6) is 0 Å². The molecule has 0 fully saturated rings. The molecule has 6 N–H and O–H groups in total. The van der Waals surface area contributed by atoms with Crippen LogP contribution in [0.15, 0.2) is 5.16 Å². The highest BCUT2D eigenvalue weighted by atomic mass is 16.8. The van der Waals surface area contributed by atoms with E-state index in [0.29, 0.717) is 0 Å². The van der Waals surface area contributed by atoms with Gasteiger partial charge in [-0.15, -0.1) is 0 Å². The molecular weight excluding hydrogens is 144 g/mol. The normalized spacial score (nSPS) is 11.4. The van der Waals surface area contributed by atoms with Crippen molar-refractivity contribution in [3.8, 4) is 0 Å². The van der Waals surface area contributed by atoms with E-state index in [1.807, 2.05) is 0 Å². The summed E-state index contributed by atoms with van der Waals surface area (Å²) in [4.78, 5) is 0. The van der Waals surface area contributed by atoms with Gasteiger partial charge in [0.05, 0.1) is 6.67 Å². The van der Waals surface area contributed by atoms with E-state index in [9.17, 15) is 0 Å². The number of hydrogen-bond acceptors (Lipinski definition) is 6. The average molecular weight is 152 g/mol. The lowest BCUT2D eigenvalue weighted by atomic mass is 10.9. The van der Waals surface area contributed by atoms with E-state index < -0.39 is 17.9 Å². The molecule has 8 heteroatoms. The lowest BCUT2D eigenvalue weighted by Gasteiger charge is -2.16. The number of hydrogen-bond donors (Lipinski definition) is 5. The van der Waals surface area contributed by atoms with Crippen LogP contribution in [0.25, 0.3) is 0 Å². The number of nitrogens with zero attached hydrogens (tertiary/aromatic N) is 3. The molecule has 0 aliphatic heterocycles. The van der Waals surface area contributed by atoms with Gasteiger partial charge in [0, 0.05) is 0 Å². The fraction of sp³-hybridized carbons (Fsp3) is 0.500. The van der Waals surface area contributed by atoms with Crippen molar-refractivity contribution < 1.29 is 20.8 Å². The maximum Gasteiger partial charge on any atom is 0.313 e. The first-order valence-corrected chi connectivity index (χ1v) is 2.20. The molecule has 0 radical (unpaired) electrons. The molecule has 0 aromatic rings. The minimum atomic E-state index is -0.887. The zero-order valence-electron chi connectivity index (χ0n) is 4.91. The Labute approximate surface area is 55.9 Å².